The Morgan fingerprint density at radius 1 is 0.789 bits per heavy atom. The van der Waals surface area contributed by atoms with Gasteiger partial charge in [-0.3, -0.25) is 19.2 Å². The highest BCUT2D eigenvalue weighted by molar-refractivity contribution is 7.13. The number of ether oxygens (including phenoxy) is 1. The summed E-state index contributed by atoms with van der Waals surface area (Å²) in [4.78, 5) is 60.0. The summed E-state index contributed by atoms with van der Waals surface area (Å²) < 4.78 is 5.97. The zero-order valence-corrected chi connectivity index (χ0v) is 43.1. The molecule has 1 saturated heterocycles. The molecular formula is C57H70ClN5O7S. The van der Waals surface area contributed by atoms with E-state index in [2.05, 4.69) is 33.1 Å². The molecule has 71 heavy (non-hydrogen) atoms. The van der Waals surface area contributed by atoms with Crippen molar-refractivity contribution in [1.82, 2.24) is 25.8 Å². The Morgan fingerprint density at radius 2 is 1.41 bits per heavy atom. The topological polar surface area (TPSA) is 170 Å². The number of aliphatic hydroxyl groups excluding tert-OH is 1. The van der Waals surface area contributed by atoms with E-state index in [1.54, 1.807) is 23.5 Å². The zero-order chi connectivity index (χ0) is 50.8. The number of aromatic nitrogens is 1. The van der Waals surface area contributed by atoms with Gasteiger partial charge in [-0.25, -0.2) is 4.98 Å². The number of nitrogens with one attached hydrogen (secondary N) is 3. The number of aromatic hydroxyl groups is 1. The SMILES string of the molecule is Cc1ncsc1-c1ccc(CNC(=O)[C@@H]2C[C@@H](O)CN2C(=O)[C@@H](NC(=O)CCCCCCCCCC(=O)NCCOc2ccc(C(=C(CCCl)c3ccccc3)c3ccc(O)cc3)cc2)C(C)(C)C)cc1. The highest BCUT2D eigenvalue weighted by Gasteiger charge is 2.44. The number of aryl methyl sites for hydroxylation is 1. The number of phenols is 1. The van der Waals surface area contributed by atoms with Crippen molar-refractivity contribution in [1.29, 1.82) is 0 Å². The van der Waals surface area contributed by atoms with Crippen molar-refractivity contribution >= 4 is 57.7 Å². The predicted octanol–water partition coefficient (Wildman–Crippen LogP) is 10.2. The molecule has 378 valence electrons. The van der Waals surface area contributed by atoms with E-state index in [4.69, 9.17) is 16.3 Å². The number of aliphatic hydroxyl groups is 1. The number of alkyl halides is 1. The van der Waals surface area contributed by atoms with Gasteiger partial charge in [0.2, 0.25) is 23.6 Å². The number of hydrogen-bond donors (Lipinski definition) is 5. The Hall–Kier alpha value is -6.02. The summed E-state index contributed by atoms with van der Waals surface area (Å²) in [6, 6.07) is 31.5. The molecule has 0 bridgehead atoms. The van der Waals surface area contributed by atoms with Crippen LogP contribution in [0.4, 0.5) is 0 Å². The van der Waals surface area contributed by atoms with Crippen LogP contribution >= 0.6 is 22.9 Å². The highest BCUT2D eigenvalue weighted by atomic mass is 35.5. The smallest absolute Gasteiger partial charge is 0.246 e. The average Bonchev–Trinajstić information content (AvgIpc) is 3.98. The first-order chi connectivity index (χ1) is 34.2. The van der Waals surface area contributed by atoms with Crippen molar-refractivity contribution in [3.05, 3.63) is 137 Å². The third kappa shape index (κ3) is 16.3. The molecule has 0 unspecified atom stereocenters. The van der Waals surface area contributed by atoms with Gasteiger partial charge in [-0.1, -0.05) is 132 Å². The molecule has 0 saturated carbocycles. The van der Waals surface area contributed by atoms with E-state index in [9.17, 15) is 29.4 Å². The Bertz CT molecular complexity index is 2520. The fourth-order valence-corrected chi connectivity index (χ4v) is 9.93. The first-order valence-electron chi connectivity index (χ1n) is 24.9. The second-order valence-corrected chi connectivity index (χ2v) is 20.6. The summed E-state index contributed by atoms with van der Waals surface area (Å²) in [5.41, 5.74) is 9.34. The van der Waals surface area contributed by atoms with E-state index in [-0.39, 0.29) is 55.3 Å². The number of carbonyl (C=O) groups excluding carboxylic acids is 4. The zero-order valence-electron chi connectivity index (χ0n) is 41.6. The average molecular weight is 1000 g/mol. The van der Waals surface area contributed by atoms with Crippen LogP contribution in [0.15, 0.2) is 109 Å². The number of unbranched alkanes of at least 4 members (excludes halogenated alkanes) is 6. The molecule has 1 aliphatic rings. The van der Waals surface area contributed by atoms with E-state index in [0.717, 1.165) is 88.1 Å². The van der Waals surface area contributed by atoms with Crippen LogP contribution in [0, 0.1) is 12.3 Å². The first-order valence-corrected chi connectivity index (χ1v) is 26.3. The monoisotopic (exact) mass is 1000 g/mol. The van der Waals surface area contributed by atoms with Gasteiger partial charge in [0.15, 0.2) is 0 Å². The molecule has 14 heteroatoms. The summed E-state index contributed by atoms with van der Waals surface area (Å²) in [5, 5.41) is 29.4. The summed E-state index contributed by atoms with van der Waals surface area (Å²) in [7, 11) is 0. The number of allylic oxidation sites excluding steroid dienone is 1. The van der Waals surface area contributed by atoms with Crippen molar-refractivity contribution in [2.24, 2.45) is 5.41 Å². The molecule has 5 N–H and O–H groups in total. The van der Waals surface area contributed by atoms with Gasteiger partial charge in [-0.2, -0.15) is 0 Å². The van der Waals surface area contributed by atoms with Gasteiger partial charge in [0.05, 0.1) is 28.7 Å². The Balaban J connectivity index is 0.845. The maximum absolute atomic E-state index is 14.0. The quantitative estimate of drug-likeness (QED) is 0.0219. The molecular weight excluding hydrogens is 934 g/mol. The molecule has 5 aromatic rings. The number of amides is 4. The molecule has 1 fully saturated rings. The summed E-state index contributed by atoms with van der Waals surface area (Å²) in [6.45, 7) is 8.67. The number of benzene rings is 4. The standard InChI is InChI=1S/C57H70ClN5O7S/c1-39-53(71-38-61-39)44-21-19-40(20-22-44)36-60-55(68)49-35-46(65)37-63(49)56(69)54(57(2,3)4)62-51(67)18-14-9-7-5-6-8-13-17-50(66)59-33-34-70-47-29-25-43(26-30-47)52(42-23-27-45(64)28-24-42)48(31-32-58)41-15-11-10-12-16-41/h10-12,15-16,19-30,38,46,49,54,64-65H,5-9,13-14,17-18,31-37H2,1-4H3,(H,59,66)(H,60,68)(H,62,67)/t46-,49+,54-/m1/s1. The van der Waals surface area contributed by atoms with Gasteiger partial charge in [0, 0.05) is 38.2 Å². The fourth-order valence-electron chi connectivity index (χ4n) is 8.92. The lowest BCUT2D eigenvalue weighted by atomic mass is 9.85. The van der Waals surface area contributed by atoms with Crippen molar-refractivity contribution in [3.63, 3.8) is 0 Å². The molecule has 0 radical (unpaired) electrons. The van der Waals surface area contributed by atoms with E-state index >= 15 is 0 Å². The lowest BCUT2D eigenvalue weighted by Crippen LogP contribution is -2.57. The Labute approximate surface area is 428 Å². The number of carbonyl (C=O) groups is 4. The summed E-state index contributed by atoms with van der Waals surface area (Å²) in [5.74, 6) is 0.436. The largest absolute Gasteiger partial charge is 0.508 e. The van der Waals surface area contributed by atoms with E-state index in [1.165, 1.54) is 4.90 Å². The number of β-amino-alcohol motifs (C(OH)–C–C–N with tert-alkyl or cyclic N) is 1. The number of hydrogen-bond acceptors (Lipinski definition) is 9. The minimum atomic E-state index is -0.864. The van der Waals surface area contributed by atoms with E-state index in [0.29, 0.717) is 44.0 Å². The number of rotatable bonds is 25. The predicted molar refractivity (Wildman–Crippen MR) is 284 cm³/mol. The van der Waals surface area contributed by atoms with Crippen LogP contribution in [0.3, 0.4) is 0 Å². The second-order valence-electron chi connectivity index (χ2n) is 19.3. The number of phenolic OH excluding ortho intramolecular Hbond substituents is 1. The Morgan fingerprint density at radius 3 is 2.01 bits per heavy atom. The number of thiazole rings is 1. The molecule has 3 atom stereocenters. The molecule has 0 aliphatic carbocycles. The summed E-state index contributed by atoms with van der Waals surface area (Å²) in [6.07, 6.45) is 6.95. The normalized spacial score (nSPS) is 15.4. The van der Waals surface area contributed by atoms with Crippen LogP contribution in [0.25, 0.3) is 21.6 Å². The number of halogens is 1. The van der Waals surface area contributed by atoms with Crippen LogP contribution < -0.4 is 20.7 Å². The van der Waals surface area contributed by atoms with Crippen LogP contribution in [-0.4, -0.2) is 87.5 Å². The van der Waals surface area contributed by atoms with Gasteiger partial charge in [0.25, 0.3) is 0 Å². The third-order valence-corrected chi connectivity index (χ3v) is 13.9. The Kier molecular flexibility index (Phi) is 20.6. The van der Waals surface area contributed by atoms with Crippen LogP contribution in [-0.2, 0) is 25.7 Å². The minimum Gasteiger partial charge on any atom is -0.508 e. The lowest BCUT2D eigenvalue weighted by Gasteiger charge is -2.35. The lowest BCUT2D eigenvalue weighted by molar-refractivity contribution is -0.144. The van der Waals surface area contributed by atoms with Gasteiger partial charge in [0.1, 0.15) is 30.2 Å². The molecule has 1 aromatic heterocycles. The number of likely N-dealkylation sites (tertiary alicyclic amines) is 1. The second kappa shape index (κ2) is 27.0. The van der Waals surface area contributed by atoms with Gasteiger partial charge < -0.3 is 35.8 Å². The molecule has 2 heterocycles. The van der Waals surface area contributed by atoms with Gasteiger partial charge in [-0.05, 0) is 94.8 Å². The fraction of sp³-hybridized carbons (Fsp3) is 0.421. The first kappa shape index (κ1) is 54.3. The maximum Gasteiger partial charge on any atom is 0.246 e. The third-order valence-electron chi connectivity index (χ3n) is 12.8. The highest BCUT2D eigenvalue weighted by Crippen LogP contribution is 2.36. The van der Waals surface area contributed by atoms with Crippen molar-refractivity contribution < 1.29 is 34.1 Å². The van der Waals surface area contributed by atoms with Crippen LogP contribution in [0.2, 0.25) is 0 Å². The summed E-state index contributed by atoms with van der Waals surface area (Å²) >= 11 is 7.88. The molecule has 12 nitrogen and oxygen atoms in total. The molecule has 4 amide bonds. The van der Waals surface area contributed by atoms with Crippen molar-refractivity contribution in [3.8, 4) is 21.9 Å². The molecule has 4 aromatic carbocycles. The van der Waals surface area contributed by atoms with Gasteiger partial charge in [-0.15, -0.1) is 22.9 Å². The molecule has 0 spiro atoms. The molecule has 6 rings (SSSR count). The van der Waals surface area contributed by atoms with Crippen LogP contribution in [0.1, 0.15) is 119 Å². The van der Waals surface area contributed by atoms with Gasteiger partial charge >= 0.3 is 0 Å². The van der Waals surface area contributed by atoms with Crippen molar-refractivity contribution in [2.75, 3.05) is 25.6 Å². The number of nitrogens with zero attached hydrogens (tertiary/aromatic N) is 2. The maximum atomic E-state index is 14.0. The minimum absolute atomic E-state index is 0.00151. The van der Waals surface area contributed by atoms with E-state index < -0.39 is 23.6 Å². The van der Waals surface area contributed by atoms with Crippen LogP contribution in [0.5, 0.6) is 11.5 Å². The molecule has 1 aliphatic heterocycles. The van der Waals surface area contributed by atoms with E-state index in [1.807, 2.05) is 112 Å². The van der Waals surface area contributed by atoms with Crippen molar-refractivity contribution in [2.45, 2.75) is 123 Å².